The van der Waals surface area contributed by atoms with Crippen LogP contribution in [0.15, 0.2) is 36.5 Å². The normalized spacial score (nSPS) is 9.96. The lowest BCUT2D eigenvalue weighted by Crippen LogP contribution is -2.18. The van der Waals surface area contributed by atoms with Crippen LogP contribution in [0.4, 0.5) is 14.9 Å². The molecule has 0 saturated heterocycles. The summed E-state index contributed by atoms with van der Waals surface area (Å²) in [6.45, 7) is 1.83. The molecule has 126 valence electrons. The van der Waals surface area contributed by atoms with Crippen molar-refractivity contribution < 1.29 is 23.5 Å². The standard InChI is InChI=1S/C16H16FN3O4/c1-3-23-16(22)20-13-5-4-10(8-12(13)17)24-11-6-7-19-14(9-11)15(21)18-2/h4-9H,3H2,1-2H3,(H,18,21)(H,20,22). The summed E-state index contributed by atoms with van der Waals surface area (Å²) >= 11 is 0. The zero-order valence-electron chi connectivity index (χ0n) is 13.1. The van der Waals surface area contributed by atoms with Crippen LogP contribution in [0.2, 0.25) is 0 Å². The number of hydrogen-bond donors (Lipinski definition) is 2. The van der Waals surface area contributed by atoms with Gasteiger partial charge in [0.15, 0.2) is 5.82 Å². The summed E-state index contributed by atoms with van der Waals surface area (Å²) in [7, 11) is 1.49. The molecule has 24 heavy (non-hydrogen) atoms. The van der Waals surface area contributed by atoms with Gasteiger partial charge in [0.1, 0.15) is 17.2 Å². The van der Waals surface area contributed by atoms with Crippen molar-refractivity contribution >= 4 is 17.7 Å². The molecule has 0 bridgehead atoms. The van der Waals surface area contributed by atoms with E-state index < -0.39 is 11.9 Å². The van der Waals surface area contributed by atoms with E-state index in [1.165, 1.54) is 37.5 Å². The lowest BCUT2D eigenvalue weighted by molar-refractivity contribution is 0.0957. The second-order valence-corrected chi connectivity index (χ2v) is 4.55. The molecule has 2 N–H and O–H groups in total. The molecule has 0 aliphatic heterocycles. The molecular weight excluding hydrogens is 317 g/mol. The van der Waals surface area contributed by atoms with E-state index >= 15 is 0 Å². The first-order valence-corrected chi connectivity index (χ1v) is 7.12. The Morgan fingerprint density at radius 1 is 1.21 bits per heavy atom. The van der Waals surface area contributed by atoms with Gasteiger partial charge in [0.05, 0.1) is 12.3 Å². The predicted octanol–water partition coefficient (Wildman–Crippen LogP) is 2.94. The fraction of sp³-hybridized carbons (Fsp3) is 0.188. The molecule has 2 aromatic rings. The summed E-state index contributed by atoms with van der Waals surface area (Å²) < 4.78 is 24.2. The fourth-order valence-corrected chi connectivity index (χ4v) is 1.80. The quantitative estimate of drug-likeness (QED) is 0.878. The smallest absolute Gasteiger partial charge is 0.411 e. The summed E-state index contributed by atoms with van der Waals surface area (Å²) in [5, 5.41) is 4.73. The van der Waals surface area contributed by atoms with E-state index in [0.717, 1.165) is 6.07 Å². The zero-order chi connectivity index (χ0) is 17.5. The Balaban J connectivity index is 2.12. The van der Waals surface area contributed by atoms with Gasteiger partial charge in [0, 0.05) is 25.4 Å². The van der Waals surface area contributed by atoms with Gasteiger partial charge in [-0.25, -0.2) is 9.18 Å². The number of rotatable bonds is 5. The SMILES string of the molecule is CCOC(=O)Nc1ccc(Oc2ccnc(C(=O)NC)c2)cc1F. The van der Waals surface area contributed by atoms with Crippen LogP contribution < -0.4 is 15.4 Å². The predicted molar refractivity (Wildman–Crippen MR) is 84.7 cm³/mol. The van der Waals surface area contributed by atoms with Gasteiger partial charge >= 0.3 is 6.09 Å². The monoisotopic (exact) mass is 333 g/mol. The van der Waals surface area contributed by atoms with E-state index in [-0.39, 0.29) is 29.6 Å². The number of hydrogen-bond acceptors (Lipinski definition) is 5. The van der Waals surface area contributed by atoms with Gasteiger partial charge in [-0.1, -0.05) is 0 Å². The lowest BCUT2D eigenvalue weighted by atomic mass is 10.3. The third-order valence-corrected chi connectivity index (χ3v) is 2.88. The van der Waals surface area contributed by atoms with Gasteiger partial charge in [-0.15, -0.1) is 0 Å². The van der Waals surface area contributed by atoms with Crippen molar-refractivity contribution in [2.24, 2.45) is 0 Å². The van der Waals surface area contributed by atoms with Gasteiger partial charge in [-0.05, 0) is 25.1 Å². The third-order valence-electron chi connectivity index (χ3n) is 2.88. The average Bonchev–Trinajstić information content (AvgIpc) is 2.57. The van der Waals surface area contributed by atoms with E-state index in [2.05, 4.69) is 20.4 Å². The maximum Gasteiger partial charge on any atom is 0.411 e. The maximum absolute atomic E-state index is 14.0. The van der Waals surface area contributed by atoms with Crippen molar-refractivity contribution in [1.29, 1.82) is 0 Å². The number of benzene rings is 1. The lowest BCUT2D eigenvalue weighted by Gasteiger charge is -2.10. The number of carbonyl (C=O) groups excluding carboxylic acids is 2. The van der Waals surface area contributed by atoms with Gasteiger partial charge in [0.25, 0.3) is 5.91 Å². The number of carbonyl (C=O) groups is 2. The number of pyridine rings is 1. The minimum absolute atomic E-state index is 0.0263. The Hall–Kier alpha value is -3.16. The van der Waals surface area contributed by atoms with Gasteiger partial charge in [-0.3, -0.25) is 15.1 Å². The summed E-state index contributed by atoms with van der Waals surface area (Å²) in [5.74, 6) is -0.508. The summed E-state index contributed by atoms with van der Waals surface area (Å²) in [4.78, 5) is 26.7. The van der Waals surface area contributed by atoms with E-state index in [9.17, 15) is 14.0 Å². The average molecular weight is 333 g/mol. The van der Waals surface area contributed by atoms with E-state index in [4.69, 9.17) is 4.74 Å². The summed E-state index contributed by atoms with van der Waals surface area (Å²) in [6, 6.07) is 6.91. The highest BCUT2D eigenvalue weighted by molar-refractivity contribution is 5.92. The van der Waals surface area contributed by atoms with Crippen LogP contribution in [0, 0.1) is 5.82 Å². The fourth-order valence-electron chi connectivity index (χ4n) is 1.80. The number of nitrogens with zero attached hydrogens (tertiary/aromatic N) is 1. The molecule has 2 amide bonds. The van der Waals surface area contributed by atoms with E-state index in [0.29, 0.717) is 5.75 Å². The number of nitrogens with one attached hydrogen (secondary N) is 2. The Morgan fingerprint density at radius 3 is 2.62 bits per heavy atom. The van der Waals surface area contributed by atoms with Crippen molar-refractivity contribution in [2.75, 3.05) is 19.0 Å². The highest BCUT2D eigenvalue weighted by Gasteiger charge is 2.10. The van der Waals surface area contributed by atoms with Crippen molar-refractivity contribution in [2.45, 2.75) is 6.92 Å². The molecule has 1 aromatic carbocycles. The molecular formula is C16H16FN3O4. The van der Waals surface area contributed by atoms with Crippen molar-refractivity contribution in [3.8, 4) is 11.5 Å². The second kappa shape index (κ2) is 7.91. The van der Waals surface area contributed by atoms with Gasteiger partial charge < -0.3 is 14.8 Å². The Kier molecular flexibility index (Phi) is 5.67. The van der Waals surface area contributed by atoms with E-state index in [1.807, 2.05) is 0 Å². The highest BCUT2D eigenvalue weighted by atomic mass is 19.1. The molecule has 0 radical (unpaired) electrons. The molecule has 0 atom stereocenters. The number of aromatic nitrogens is 1. The van der Waals surface area contributed by atoms with E-state index in [1.54, 1.807) is 6.92 Å². The second-order valence-electron chi connectivity index (χ2n) is 4.55. The minimum Gasteiger partial charge on any atom is -0.457 e. The third kappa shape index (κ3) is 4.42. The molecule has 0 fully saturated rings. The van der Waals surface area contributed by atoms with Crippen LogP contribution in [0.3, 0.4) is 0 Å². The first-order chi connectivity index (χ1) is 11.5. The molecule has 0 spiro atoms. The number of anilines is 1. The molecule has 2 rings (SSSR count). The molecule has 7 nitrogen and oxygen atoms in total. The highest BCUT2D eigenvalue weighted by Crippen LogP contribution is 2.25. The topological polar surface area (TPSA) is 89.6 Å². The van der Waals surface area contributed by atoms with Crippen molar-refractivity contribution in [3.05, 3.63) is 48.0 Å². The molecule has 8 heteroatoms. The summed E-state index contributed by atoms with van der Waals surface area (Å²) in [5.41, 5.74) is 0.151. The molecule has 0 aliphatic carbocycles. The van der Waals surface area contributed by atoms with Gasteiger partial charge in [-0.2, -0.15) is 0 Å². The van der Waals surface area contributed by atoms with Crippen LogP contribution in [-0.2, 0) is 4.74 Å². The number of halogens is 1. The largest absolute Gasteiger partial charge is 0.457 e. The van der Waals surface area contributed by atoms with Crippen LogP contribution >= 0.6 is 0 Å². The van der Waals surface area contributed by atoms with Crippen LogP contribution in [0.25, 0.3) is 0 Å². The Morgan fingerprint density at radius 2 is 1.96 bits per heavy atom. The minimum atomic E-state index is -0.741. The van der Waals surface area contributed by atoms with Crippen molar-refractivity contribution in [3.63, 3.8) is 0 Å². The molecule has 0 saturated carbocycles. The van der Waals surface area contributed by atoms with Gasteiger partial charge in [0.2, 0.25) is 0 Å². The van der Waals surface area contributed by atoms with Crippen LogP contribution in [0.1, 0.15) is 17.4 Å². The van der Waals surface area contributed by atoms with Crippen molar-refractivity contribution in [1.82, 2.24) is 10.3 Å². The first kappa shape index (κ1) is 17.2. The molecule has 1 heterocycles. The molecule has 1 aromatic heterocycles. The summed E-state index contributed by atoms with van der Waals surface area (Å²) in [6.07, 6.45) is 0.668. The Bertz CT molecular complexity index is 752. The Labute approximate surface area is 137 Å². The van der Waals surface area contributed by atoms with Crippen LogP contribution in [-0.4, -0.2) is 30.6 Å². The van der Waals surface area contributed by atoms with Crippen LogP contribution in [0.5, 0.6) is 11.5 Å². The molecule has 0 unspecified atom stereocenters. The molecule has 0 aliphatic rings. The zero-order valence-corrected chi connectivity index (χ0v) is 13.1. The maximum atomic E-state index is 14.0. The number of amides is 2. The number of ether oxygens (including phenoxy) is 2. The first-order valence-electron chi connectivity index (χ1n) is 7.12.